The molecule has 2 amide bonds. The van der Waals surface area contributed by atoms with Gasteiger partial charge in [-0.1, -0.05) is 12.1 Å². The van der Waals surface area contributed by atoms with Crippen molar-refractivity contribution in [1.29, 1.82) is 0 Å². The predicted octanol–water partition coefficient (Wildman–Crippen LogP) is 2.40. The number of aromatic nitrogens is 2. The fourth-order valence-electron chi connectivity index (χ4n) is 3.03. The number of benzene rings is 1. The number of methoxy groups -OCH3 is 1. The van der Waals surface area contributed by atoms with Gasteiger partial charge in [0.2, 0.25) is 0 Å². The highest BCUT2D eigenvalue weighted by Crippen LogP contribution is 2.23. The summed E-state index contributed by atoms with van der Waals surface area (Å²) in [6.07, 6.45) is 4.27. The van der Waals surface area contributed by atoms with Crippen LogP contribution in [0.3, 0.4) is 0 Å². The molecule has 3 rings (SSSR count). The molecular weight excluding hydrogens is 332 g/mol. The van der Waals surface area contributed by atoms with Gasteiger partial charge in [0.05, 0.1) is 12.8 Å². The van der Waals surface area contributed by atoms with Crippen LogP contribution < -0.4 is 15.4 Å². The number of amides is 2. The standard InChI is InChI=1S/C19H22N4O3/c1-3-10-20-18(24)16-15-9-4-5-11-23(15)17(22-16)19(25)21-13-7-6-8-14(12-13)26-2/h3,6-8,12H,1,4-5,9-11H2,2H3,(H,20,24)(H,21,25). The number of rotatable bonds is 6. The summed E-state index contributed by atoms with van der Waals surface area (Å²) in [5.74, 6) is 0.281. The quantitative estimate of drug-likeness (QED) is 0.780. The Balaban J connectivity index is 1.88. The van der Waals surface area contributed by atoms with Crippen LogP contribution in [0.2, 0.25) is 0 Å². The van der Waals surface area contributed by atoms with Crippen molar-refractivity contribution in [3.63, 3.8) is 0 Å². The van der Waals surface area contributed by atoms with E-state index in [1.165, 1.54) is 0 Å². The van der Waals surface area contributed by atoms with Crippen LogP contribution in [0.5, 0.6) is 5.75 Å². The third-order valence-electron chi connectivity index (χ3n) is 4.27. The summed E-state index contributed by atoms with van der Waals surface area (Å²) in [4.78, 5) is 29.5. The summed E-state index contributed by atoms with van der Waals surface area (Å²) in [5, 5.41) is 5.56. The lowest BCUT2D eigenvalue weighted by atomic mass is 10.1. The Kier molecular flexibility index (Phi) is 5.36. The molecule has 0 aliphatic carbocycles. The number of hydrogen-bond acceptors (Lipinski definition) is 4. The molecule has 0 radical (unpaired) electrons. The average molecular weight is 354 g/mol. The number of anilines is 1. The van der Waals surface area contributed by atoms with Crippen molar-refractivity contribution in [1.82, 2.24) is 14.9 Å². The normalized spacial score (nSPS) is 12.8. The molecule has 26 heavy (non-hydrogen) atoms. The highest BCUT2D eigenvalue weighted by Gasteiger charge is 2.27. The van der Waals surface area contributed by atoms with E-state index >= 15 is 0 Å². The Morgan fingerprint density at radius 1 is 1.35 bits per heavy atom. The summed E-state index contributed by atoms with van der Waals surface area (Å²) in [6, 6.07) is 7.10. The van der Waals surface area contributed by atoms with E-state index in [0.29, 0.717) is 30.2 Å². The molecule has 0 saturated carbocycles. The van der Waals surface area contributed by atoms with Crippen molar-refractivity contribution in [3.8, 4) is 5.75 Å². The average Bonchev–Trinajstić information content (AvgIpc) is 3.06. The van der Waals surface area contributed by atoms with Gasteiger partial charge in [0, 0.05) is 24.8 Å². The van der Waals surface area contributed by atoms with Gasteiger partial charge in [-0.15, -0.1) is 6.58 Å². The van der Waals surface area contributed by atoms with Crippen molar-refractivity contribution >= 4 is 17.5 Å². The number of fused-ring (bicyclic) bond motifs is 1. The van der Waals surface area contributed by atoms with E-state index in [2.05, 4.69) is 22.2 Å². The molecule has 7 nitrogen and oxygen atoms in total. The molecule has 2 aromatic rings. The molecule has 2 heterocycles. The van der Waals surface area contributed by atoms with Crippen molar-refractivity contribution in [2.45, 2.75) is 25.8 Å². The molecular formula is C19H22N4O3. The molecule has 1 aromatic carbocycles. The number of imidazole rings is 1. The third kappa shape index (κ3) is 3.61. The van der Waals surface area contributed by atoms with Gasteiger partial charge < -0.3 is 19.9 Å². The summed E-state index contributed by atoms with van der Waals surface area (Å²) in [5.41, 5.74) is 1.75. The first kappa shape index (κ1) is 17.7. The van der Waals surface area contributed by atoms with E-state index in [0.717, 1.165) is 25.0 Å². The molecule has 0 bridgehead atoms. The zero-order valence-electron chi connectivity index (χ0n) is 14.7. The van der Waals surface area contributed by atoms with E-state index in [-0.39, 0.29) is 17.6 Å². The zero-order chi connectivity index (χ0) is 18.5. The predicted molar refractivity (Wildman–Crippen MR) is 98.6 cm³/mol. The van der Waals surface area contributed by atoms with Crippen molar-refractivity contribution in [3.05, 3.63) is 54.1 Å². The van der Waals surface area contributed by atoms with Gasteiger partial charge >= 0.3 is 0 Å². The summed E-state index contributed by atoms with van der Waals surface area (Å²) >= 11 is 0. The number of ether oxygens (including phenoxy) is 1. The van der Waals surface area contributed by atoms with Crippen molar-refractivity contribution in [2.24, 2.45) is 0 Å². The molecule has 136 valence electrons. The van der Waals surface area contributed by atoms with E-state index in [1.807, 2.05) is 4.57 Å². The largest absolute Gasteiger partial charge is 0.497 e. The second-order valence-corrected chi connectivity index (χ2v) is 6.02. The topological polar surface area (TPSA) is 85.2 Å². The maximum atomic E-state index is 12.8. The first-order valence-corrected chi connectivity index (χ1v) is 8.58. The number of hydrogen-bond donors (Lipinski definition) is 2. The fraction of sp³-hybridized carbons (Fsp3) is 0.316. The van der Waals surface area contributed by atoms with Crippen LogP contribution >= 0.6 is 0 Å². The lowest BCUT2D eigenvalue weighted by Crippen LogP contribution is -2.25. The number of nitrogens with one attached hydrogen (secondary N) is 2. The van der Waals surface area contributed by atoms with Crippen LogP contribution in [0, 0.1) is 0 Å². The summed E-state index contributed by atoms with van der Waals surface area (Å²) < 4.78 is 7.02. The van der Waals surface area contributed by atoms with Gasteiger partial charge in [-0.3, -0.25) is 9.59 Å². The Morgan fingerprint density at radius 2 is 2.19 bits per heavy atom. The van der Waals surface area contributed by atoms with Crippen LogP contribution in [0.25, 0.3) is 0 Å². The van der Waals surface area contributed by atoms with Gasteiger partial charge in [0.1, 0.15) is 11.4 Å². The number of nitrogens with zero attached hydrogens (tertiary/aromatic N) is 2. The molecule has 0 saturated heterocycles. The Labute approximate surface area is 152 Å². The van der Waals surface area contributed by atoms with E-state index < -0.39 is 0 Å². The lowest BCUT2D eigenvalue weighted by molar-refractivity contribution is 0.0952. The maximum absolute atomic E-state index is 12.8. The Morgan fingerprint density at radius 3 is 2.96 bits per heavy atom. The minimum atomic E-state index is -0.343. The molecule has 2 N–H and O–H groups in total. The first-order valence-electron chi connectivity index (χ1n) is 8.58. The minimum Gasteiger partial charge on any atom is -0.497 e. The Hall–Kier alpha value is -3.09. The highest BCUT2D eigenvalue weighted by molar-refractivity contribution is 6.03. The third-order valence-corrected chi connectivity index (χ3v) is 4.27. The van der Waals surface area contributed by atoms with Crippen molar-refractivity contribution < 1.29 is 14.3 Å². The Bertz CT molecular complexity index is 841. The zero-order valence-corrected chi connectivity index (χ0v) is 14.7. The van der Waals surface area contributed by atoms with E-state index in [1.54, 1.807) is 37.5 Å². The van der Waals surface area contributed by atoms with E-state index in [9.17, 15) is 9.59 Å². The molecule has 0 unspecified atom stereocenters. The van der Waals surface area contributed by atoms with Crippen LogP contribution in [0.1, 0.15) is 39.6 Å². The summed E-state index contributed by atoms with van der Waals surface area (Å²) in [7, 11) is 1.57. The lowest BCUT2D eigenvalue weighted by Gasteiger charge is -2.17. The van der Waals surface area contributed by atoms with Crippen LogP contribution in [-0.4, -0.2) is 35.0 Å². The molecule has 0 spiro atoms. The summed E-state index contributed by atoms with van der Waals surface area (Å²) in [6.45, 7) is 4.63. The molecule has 1 aliphatic rings. The molecule has 0 atom stereocenters. The van der Waals surface area contributed by atoms with Crippen LogP contribution in [0.15, 0.2) is 36.9 Å². The van der Waals surface area contributed by atoms with Gasteiger partial charge in [-0.05, 0) is 31.4 Å². The molecule has 1 aliphatic heterocycles. The molecule has 7 heteroatoms. The van der Waals surface area contributed by atoms with Gasteiger partial charge in [-0.25, -0.2) is 4.98 Å². The van der Waals surface area contributed by atoms with E-state index in [4.69, 9.17) is 4.74 Å². The van der Waals surface area contributed by atoms with Crippen LogP contribution in [0.4, 0.5) is 5.69 Å². The van der Waals surface area contributed by atoms with Crippen molar-refractivity contribution in [2.75, 3.05) is 19.0 Å². The second kappa shape index (κ2) is 7.86. The SMILES string of the molecule is C=CCNC(=O)c1nc(C(=O)Nc2cccc(OC)c2)n2c1CCCC2. The van der Waals surface area contributed by atoms with Gasteiger partial charge in [-0.2, -0.15) is 0 Å². The number of carbonyl (C=O) groups is 2. The maximum Gasteiger partial charge on any atom is 0.291 e. The van der Waals surface area contributed by atoms with Gasteiger partial charge in [0.15, 0.2) is 5.82 Å². The van der Waals surface area contributed by atoms with Crippen LogP contribution in [-0.2, 0) is 13.0 Å². The molecule has 0 fully saturated rings. The first-order chi connectivity index (χ1) is 12.6. The monoisotopic (exact) mass is 354 g/mol. The molecule has 1 aromatic heterocycles. The van der Waals surface area contributed by atoms with Gasteiger partial charge in [0.25, 0.3) is 11.8 Å². The smallest absolute Gasteiger partial charge is 0.291 e. The highest BCUT2D eigenvalue weighted by atomic mass is 16.5. The fourth-order valence-corrected chi connectivity index (χ4v) is 3.03. The minimum absolute atomic E-state index is 0.256. The number of carbonyl (C=O) groups excluding carboxylic acids is 2. The second-order valence-electron chi connectivity index (χ2n) is 6.02.